The maximum absolute atomic E-state index is 5.81. The Bertz CT molecular complexity index is 434. The van der Waals surface area contributed by atoms with Gasteiger partial charge >= 0.3 is 0 Å². The van der Waals surface area contributed by atoms with Crippen LogP contribution in [0, 0.1) is 6.92 Å². The van der Waals surface area contributed by atoms with Crippen LogP contribution in [-0.4, -0.2) is 9.97 Å². The number of nitrogens with zero attached hydrogens (tertiary/aromatic N) is 1. The molecule has 0 unspecified atom stereocenters. The third-order valence-corrected chi connectivity index (χ3v) is 2.38. The molecule has 4 N–H and O–H groups in total. The fourth-order valence-corrected chi connectivity index (χ4v) is 1.42. The van der Waals surface area contributed by atoms with Crippen molar-refractivity contribution >= 4 is 11.4 Å². The first-order valence-corrected chi connectivity index (χ1v) is 4.84. The molecule has 0 aliphatic carbocycles. The molecule has 0 saturated carbocycles. The molecule has 2 rings (SSSR count). The Hall–Kier alpha value is -1.97. The number of rotatable bonds is 3. The Morgan fingerprint density at radius 1 is 1.47 bits per heavy atom. The third-order valence-electron chi connectivity index (χ3n) is 2.38. The van der Waals surface area contributed by atoms with E-state index in [0.717, 1.165) is 22.8 Å². The zero-order valence-corrected chi connectivity index (χ0v) is 8.62. The molecule has 0 atom stereocenters. The van der Waals surface area contributed by atoms with Gasteiger partial charge in [-0.25, -0.2) is 4.98 Å². The molecule has 0 bridgehead atoms. The fraction of sp³-hybridized carbons (Fsp3) is 0.182. The van der Waals surface area contributed by atoms with Gasteiger partial charge < -0.3 is 16.0 Å². The van der Waals surface area contributed by atoms with E-state index in [0.29, 0.717) is 6.54 Å². The van der Waals surface area contributed by atoms with Crippen LogP contribution in [-0.2, 0) is 6.54 Å². The maximum atomic E-state index is 5.81. The number of imidazole rings is 1. The molecule has 0 saturated heterocycles. The third kappa shape index (κ3) is 2.10. The van der Waals surface area contributed by atoms with E-state index < -0.39 is 0 Å². The minimum Gasteiger partial charge on any atom is -0.398 e. The average Bonchev–Trinajstić information content (AvgIpc) is 2.73. The van der Waals surface area contributed by atoms with Crippen LogP contribution in [0.25, 0.3) is 0 Å². The standard InChI is InChI=1S/C11H14N4/c1-8-9(12)3-2-4-10(8)15-7-11-13-5-6-14-11/h2-6,15H,7,12H2,1H3,(H,13,14). The van der Waals surface area contributed by atoms with E-state index in [1.807, 2.05) is 31.3 Å². The van der Waals surface area contributed by atoms with Crippen LogP contribution in [0.2, 0.25) is 0 Å². The molecule has 78 valence electrons. The van der Waals surface area contributed by atoms with Gasteiger partial charge in [0, 0.05) is 23.8 Å². The van der Waals surface area contributed by atoms with Gasteiger partial charge in [-0.1, -0.05) is 6.07 Å². The molecule has 0 radical (unpaired) electrons. The largest absolute Gasteiger partial charge is 0.398 e. The second-order valence-corrected chi connectivity index (χ2v) is 3.41. The van der Waals surface area contributed by atoms with Gasteiger partial charge in [0.1, 0.15) is 5.82 Å². The minimum absolute atomic E-state index is 0.678. The molecule has 4 nitrogen and oxygen atoms in total. The molecule has 0 aliphatic rings. The monoisotopic (exact) mass is 202 g/mol. The number of nitrogen functional groups attached to an aromatic ring is 1. The van der Waals surface area contributed by atoms with Crippen molar-refractivity contribution < 1.29 is 0 Å². The Balaban J connectivity index is 2.08. The molecule has 15 heavy (non-hydrogen) atoms. The van der Waals surface area contributed by atoms with Gasteiger partial charge in [-0.15, -0.1) is 0 Å². The van der Waals surface area contributed by atoms with E-state index in [9.17, 15) is 0 Å². The number of nitrogens with two attached hydrogens (primary N) is 1. The van der Waals surface area contributed by atoms with Gasteiger partial charge in [-0.3, -0.25) is 0 Å². The lowest BCUT2D eigenvalue weighted by atomic mass is 10.1. The van der Waals surface area contributed by atoms with Crippen LogP contribution in [0.3, 0.4) is 0 Å². The van der Waals surface area contributed by atoms with Crippen LogP contribution in [0.1, 0.15) is 11.4 Å². The first-order valence-electron chi connectivity index (χ1n) is 4.84. The van der Waals surface area contributed by atoms with Gasteiger partial charge in [0.2, 0.25) is 0 Å². The molecule has 1 aromatic heterocycles. The highest BCUT2D eigenvalue weighted by atomic mass is 15.0. The van der Waals surface area contributed by atoms with Crippen molar-refractivity contribution in [2.24, 2.45) is 0 Å². The zero-order valence-electron chi connectivity index (χ0n) is 8.62. The second kappa shape index (κ2) is 4.04. The second-order valence-electron chi connectivity index (χ2n) is 3.41. The Morgan fingerprint density at radius 2 is 2.33 bits per heavy atom. The average molecular weight is 202 g/mol. The predicted molar refractivity (Wildman–Crippen MR) is 61.5 cm³/mol. The number of benzene rings is 1. The molecule has 4 heteroatoms. The summed E-state index contributed by atoms with van der Waals surface area (Å²) in [5.74, 6) is 0.914. The summed E-state index contributed by atoms with van der Waals surface area (Å²) >= 11 is 0. The van der Waals surface area contributed by atoms with E-state index in [4.69, 9.17) is 5.73 Å². The SMILES string of the molecule is Cc1c(N)cccc1NCc1ncc[nH]1. The topological polar surface area (TPSA) is 66.7 Å². The van der Waals surface area contributed by atoms with Gasteiger partial charge in [-0.05, 0) is 24.6 Å². The Labute approximate surface area is 88.5 Å². The number of hydrogen-bond acceptors (Lipinski definition) is 3. The highest BCUT2D eigenvalue weighted by molar-refractivity contribution is 5.62. The smallest absolute Gasteiger partial charge is 0.125 e. The number of aromatic nitrogens is 2. The van der Waals surface area contributed by atoms with Crippen LogP contribution >= 0.6 is 0 Å². The predicted octanol–water partition coefficient (Wildman–Crippen LogP) is 1.91. The molecule has 0 fully saturated rings. The number of aromatic amines is 1. The van der Waals surface area contributed by atoms with E-state index in [1.54, 1.807) is 6.20 Å². The van der Waals surface area contributed by atoms with E-state index in [1.165, 1.54) is 0 Å². The normalized spacial score (nSPS) is 10.2. The summed E-state index contributed by atoms with van der Waals surface area (Å²) in [7, 11) is 0. The van der Waals surface area contributed by atoms with Crippen molar-refractivity contribution in [3.63, 3.8) is 0 Å². The van der Waals surface area contributed by atoms with Crippen molar-refractivity contribution in [2.75, 3.05) is 11.1 Å². The van der Waals surface area contributed by atoms with Gasteiger partial charge in [0.25, 0.3) is 0 Å². The molecular weight excluding hydrogens is 188 g/mol. The highest BCUT2D eigenvalue weighted by Crippen LogP contribution is 2.20. The molecule has 0 spiro atoms. The Kier molecular flexibility index (Phi) is 2.58. The lowest BCUT2D eigenvalue weighted by Crippen LogP contribution is -2.03. The number of H-pyrrole nitrogens is 1. The maximum Gasteiger partial charge on any atom is 0.125 e. The quantitative estimate of drug-likeness (QED) is 0.666. The Morgan fingerprint density at radius 3 is 3.07 bits per heavy atom. The summed E-state index contributed by atoms with van der Waals surface area (Å²) in [5.41, 5.74) is 8.73. The van der Waals surface area contributed by atoms with Crippen LogP contribution in [0.15, 0.2) is 30.6 Å². The fourth-order valence-electron chi connectivity index (χ4n) is 1.42. The summed E-state index contributed by atoms with van der Waals surface area (Å²) in [5, 5.41) is 3.28. The molecule has 1 heterocycles. The summed E-state index contributed by atoms with van der Waals surface area (Å²) in [6.07, 6.45) is 3.55. The van der Waals surface area contributed by atoms with Crippen molar-refractivity contribution in [1.82, 2.24) is 9.97 Å². The molecule has 0 amide bonds. The van der Waals surface area contributed by atoms with Gasteiger partial charge in [-0.2, -0.15) is 0 Å². The minimum atomic E-state index is 0.678. The molecular formula is C11H14N4. The van der Waals surface area contributed by atoms with Crippen LogP contribution in [0.4, 0.5) is 11.4 Å². The van der Waals surface area contributed by atoms with Crippen molar-refractivity contribution in [3.8, 4) is 0 Å². The zero-order chi connectivity index (χ0) is 10.7. The van der Waals surface area contributed by atoms with Crippen molar-refractivity contribution in [1.29, 1.82) is 0 Å². The van der Waals surface area contributed by atoms with Crippen LogP contribution in [0.5, 0.6) is 0 Å². The number of hydrogen-bond donors (Lipinski definition) is 3. The van der Waals surface area contributed by atoms with E-state index in [2.05, 4.69) is 15.3 Å². The first-order chi connectivity index (χ1) is 7.27. The molecule has 1 aromatic carbocycles. The first kappa shape index (κ1) is 9.58. The lowest BCUT2D eigenvalue weighted by molar-refractivity contribution is 0.998. The summed E-state index contributed by atoms with van der Waals surface area (Å²) in [4.78, 5) is 7.17. The summed E-state index contributed by atoms with van der Waals surface area (Å²) in [6.45, 7) is 2.68. The summed E-state index contributed by atoms with van der Waals surface area (Å²) < 4.78 is 0. The highest BCUT2D eigenvalue weighted by Gasteiger charge is 2.01. The lowest BCUT2D eigenvalue weighted by Gasteiger charge is -2.09. The van der Waals surface area contributed by atoms with Crippen LogP contribution < -0.4 is 11.1 Å². The van der Waals surface area contributed by atoms with E-state index >= 15 is 0 Å². The van der Waals surface area contributed by atoms with Gasteiger partial charge in [0.15, 0.2) is 0 Å². The summed E-state index contributed by atoms with van der Waals surface area (Å²) in [6, 6.07) is 5.84. The molecule has 0 aliphatic heterocycles. The van der Waals surface area contributed by atoms with Crippen molar-refractivity contribution in [3.05, 3.63) is 42.0 Å². The van der Waals surface area contributed by atoms with Crippen molar-refractivity contribution in [2.45, 2.75) is 13.5 Å². The van der Waals surface area contributed by atoms with E-state index in [-0.39, 0.29) is 0 Å². The number of anilines is 2. The number of nitrogens with one attached hydrogen (secondary N) is 2. The molecule has 2 aromatic rings. The van der Waals surface area contributed by atoms with Gasteiger partial charge in [0.05, 0.1) is 6.54 Å².